The smallest absolute Gasteiger partial charge is 0.119 e. The average Bonchev–Trinajstić information content (AvgIpc) is 2.53. The van der Waals surface area contributed by atoms with Gasteiger partial charge in [-0.2, -0.15) is 0 Å². The molecule has 1 aliphatic heterocycles. The van der Waals surface area contributed by atoms with Gasteiger partial charge in [0.25, 0.3) is 0 Å². The second-order valence-corrected chi connectivity index (χ2v) is 5.37. The normalized spacial score (nSPS) is 20.7. The molecule has 2 aromatic rings. The first kappa shape index (κ1) is 14.0. The molecule has 0 amide bonds. The SMILES string of the molecule is COc1ccc([C@H]2O[C@@H](C)Cc3cc(OC)ccc32)cc1. The van der Waals surface area contributed by atoms with Crippen LogP contribution in [0.15, 0.2) is 42.5 Å². The molecule has 3 rings (SSSR count). The van der Waals surface area contributed by atoms with Gasteiger partial charge < -0.3 is 14.2 Å². The van der Waals surface area contributed by atoms with Crippen molar-refractivity contribution in [3.63, 3.8) is 0 Å². The molecule has 0 radical (unpaired) electrons. The Morgan fingerprint density at radius 2 is 1.62 bits per heavy atom. The van der Waals surface area contributed by atoms with Crippen LogP contribution < -0.4 is 9.47 Å². The van der Waals surface area contributed by atoms with Crippen molar-refractivity contribution in [1.82, 2.24) is 0 Å². The zero-order chi connectivity index (χ0) is 14.8. The quantitative estimate of drug-likeness (QED) is 0.859. The fraction of sp³-hybridized carbons (Fsp3) is 0.333. The van der Waals surface area contributed by atoms with Crippen molar-refractivity contribution in [3.8, 4) is 11.5 Å². The molecule has 0 saturated carbocycles. The lowest BCUT2D eigenvalue weighted by atomic mass is 9.90. The van der Waals surface area contributed by atoms with Crippen LogP contribution in [0.3, 0.4) is 0 Å². The Kier molecular flexibility index (Phi) is 3.84. The molecule has 0 unspecified atom stereocenters. The molecule has 2 aromatic carbocycles. The van der Waals surface area contributed by atoms with Gasteiger partial charge in [0.2, 0.25) is 0 Å². The fourth-order valence-electron chi connectivity index (χ4n) is 2.84. The van der Waals surface area contributed by atoms with Crippen LogP contribution in [0, 0.1) is 0 Å². The number of fused-ring (bicyclic) bond motifs is 1. The summed E-state index contributed by atoms with van der Waals surface area (Å²) in [6.07, 6.45) is 1.08. The predicted molar refractivity (Wildman–Crippen MR) is 82.1 cm³/mol. The zero-order valence-corrected chi connectivity index (χ0v) is 12.6. The van der Waals surface area contributed by atoms with E-state index in [1.54, 1.807) is 14.2 Å². The predicted octanol–water partition coefficient (Wildman–Crippen LogP) is 3.75. The van der Waals surface area contributed by atoms with Gasteiger partial charge in [-0.3, -0.25) is 0 Å². The lowest BCUT2D eigenvalue weighted by Gasteiger charge is -2.31. The van der Waals surface area contributed by atoms with E-state index in [1.165, 1.54) is 11.1 Å². The van der Waals surface area contributed by atoms with Crippen molar-refractivity contribution in [2.45, 2.75) is 25.6 Å². The van der Waals surface area contributed by atoms with Crippen molar-refractivity contribution in [2.75, 3.05) is 14.2 Å². The van der Waals surface area contributed by atoms with Gasteiger partial charge >= 0.3 is 0 Å². The first-order valence-corrected chi connectivity index (χ1v) is 7.17. The Morgan fingerprint density at radius 3 is 2.29 bits per heavy atom. The Bertz CT molecular complexity index is 619. The first-order valence-electron chi connectivity index (χ1n) is 7.17. The van der Waals surface area contributed by atoms with Crippen LogP contribution in [0.1, 0.15) is 29.7 Å². The van der Waals surface area contributed by atoms with Crippen molar-refractivity contribution in [1.29, 1.82) is 0 Å². The minimum atomic E-state index is -0.0273. The Hall–Kier alpha value is -2.00. The molecule has 0 spiro atoms. The molecule has 0 bridgehead atoms. The van der Waals surface area contributed by atoms with E-state index in [0.717, 1.165) is 23.5 Å². The Morgan fingerprint density at radius 1 is 0.952 bits per heavy atom. The summed E-state index contributed by atoms with van der Waals surface area (Å²) in [6, 6.07) is 14.3. The summed E-state index contributed by atoms with van der Waals surface area (Å²) in [5.41, 5.74) is 3.67. The van der Waals surface area contributed by atoms with E-state index in [0.29, 0.717) is 0 Å². The molecule has 3 nitrogen and oxygen atoms in total. The summed E-state index contributed by atoms with van der Waals surface area (Å²) in [5.74, 6) is 1.76. The van der Waals surface area contributed by atoms with Gasteiger partial charge in [0.1, 0.15) is 17.6 Å². The molecule has 0 aromatic heterocycles. The summed E-state index contributed by atoms with van der Waals surface area (Å²) >= 11 is 0. The van der Waals surface area contributed by atoms with Crippen LogP contribution in [-0.2, 0) is 11.2 Å². The van der Waals surface area contributed by atoms with Crippen LogP contribution >= 0.6 is 0 Å². The molecule has 0 aliphatic carbocycles. The summed E-state index contributed by atoms with van der Waals surface area (Å²) < 4.78 is 16.7. The van der Waals surface area contributed by atoms with Crippen molar-refractivity contribution in [3.05, 3.63) is 59.2 Å². The molecule has 3 heteroatoms. The Labute approximate surface area is 125 Å². The highest BCUT2D eigenvalue weighted by Crippen LogP contribution is 2.37. The molecular weight excluding hydrogens is 264 g/mol. The van der Waals surface area contributed by atoms with E-state index in [1.807, 2.05) is 18.2 Å². The van der Waals surface area contributed by atoms with E-state index in [4.69, 9.17) is 14.2 Å². The summed E-state index contributed by atoms with van der Waals surface area (Å²) in [5, 5.41) is 0. The summed E-state index contributed by atoms with van der Waals surface area (Å²) in [6.45, 7) is 2.11. The molecule has 1 heterocycles. The third-order valence-electron chi connectivity index (χ3n) is 3.93. The monoisotopic (exact) mass is 284 g/mol. The molecule has 0 saturated heterocycles. The molecule has 110 valence electrons. The topological polar surface area (TPSA) is 27.7 Å². The third kappa shape index (κ3) is 2.74. The fourth-order valence-corrected chi connectivity index (χ4v) is 2.84. The maximum Gasteiger partial charge on any atom is 0.119 e. The molecule has 2 atom stereocenters. The van der Waals surface area contributed by atoms with Gasteiger partial charge in [0, 0.05) is 0 Å². The van der Waals surface area contributed by atoms with Crippen LogP contribution in [0.4, 0.5) is 0 Å². The number of hydrogen-bond donors (Lipinski definition) is 0. The van der Waals surface area contributed by atoms with Gasteiger partial charge in [-0.25, -0.2) is 0 Å². The van der Waals surface area contributed by atoms with E-state index >= 15 is 0 Å². The highest BCUT2D eigenvalue weighted by atomic mass is 16.5. The van der Waals surface area contributed by atoms with E-state index < -0.39 is 0 Å². The second-order valence-electron chi connectivity index (χ2n) is 5.37. The van der Waals surface area contributed by atoms with Crippen molar-refractivity contribution in [2.24, 2.45) is 0 Å². The number of hydrogen-bond acceptors (Lipinski definition) is 3. The molecule has 21 heavy (non-hydrogen) atoms. The van der Waals surface area contributed by atoms with Crippen LogP contribution in [0.2, 0.25) is 0 Å². The maximum atomic E-state index is 6.16. The standard InChI is InChI=1S/C18H20O3/c1-12-10-14-11-16(20-3)8-9-17(14)18(21-12)13-4-6-15(19-2)7-5-13/h4-9,11-12,18H,10H2,1-3H3/t12-,18+/m0/s1. The van der Waals surface area contributed by atoms with E-state index in [-0.39, 0.29) is 12.2 Å². The highest BCUT2D eigenvalue weighted by Gasteiger charge is 2.26. The van der Waals surface area contributed by atoms with Gasteiger partial charge in [0.05, 0.1) is 20.3 Å². The molecule has 0 N–H and O–H groups in total. The van der Waals surface area contributed by atoms with Gasteiger partial charge in [-0.15, -0.1) is 0 Å². The molecule has 0 fully saturated rings. The lowest BCUT2D eigenvalue weighted by Crippen LogP contribution is -2.24. The summed E-state index contributed by atoms with van der Waals surface area (Å²) in [4.78, 5) is 0. The molecule has 1 aliphatic rings. The van der Waals surface area contributed by atoms with Gasteiger partial charge in [0.15, 0.2) is 0 Å². The maximum absolute atomic E-state index is 6.16. The lowest BCUT2D eigenvalue weighted by molar-refractivity contribution is 0.00720. The largest absolute Gasteiger partial charge is 0.497 e. The number of rotatable bonds is 3. The average molecular weight is 284 g/mol. The highest BCUT2D eigenvalue weighted by molar-refractivity contribution is 5.43. The zero-order valence-electron chi connectivity index (χ0n) is 12.6. The van der Waals surface area contributed by atoms with Crippen LogP contribution in [0.5, 0.6) is 11.5 Å². The number of benzene rings is 2. The summed E-state index contributed by atoms with van der Waals surface area (Å²) in [7, 11) is 3.38. The van der Waals surface area contributed by atoms with Crippen molar-refractivity contribution < 1.29 is 14.2 Å². The first-order chi connectivity index (χ1) is 10.2. The van der Waals surface area contributed by atoms with E-state index in [2.05, 4.69) is 31.2 Å². The second kappa shape index (κ2) is 5.78. The third-order valence-corrected chi connectivity index (χ3v) is 3.93. The molecular formula is C18H20O3. The van der Waals surface area contributed by atoms with Crippen LogP contribution in [0.25, 0.3) is 0 Å². The number of methoxy groups -OCH3 is 2. The van der Waals surface area contributed by atoms with Gasteiger partial charge in [-0.05, 0) is 54.3 Å². The van der Waals surface area contributed by atoms with Crippen molar-refractivity contribution >= 4 is 0 Å². The number of ether oxygens (including phenoxy) is 3. The van der Waals surface area contributed by atoms with Crippen LogP contribution in [-0.4, -0.2) is 20.3 Å². The minimum Gasteiger partial charge on any atom is -0.497 e. The van der Waals surface area contributed by atoms with Gasteiger partial charge in [-0.1, -0.05) is 18.2 Å². The Balaban J connectivity index is 1.99. The van der Waals surface area contributed by atoms with E-state index in [9.17, 15) is 0 Å². The minimum absolute atomic E-state index is 0.0273.